The van der Waals surface area contributed by atoms with Gasteiger partial charge in [-0.25, -0.2) is 0 Å². The summed E-state index contributed by atoms with van der Waals surface area (Å²) >= 11 is 0. The zero-order chi connectivity index (χ0) is 12.5. The number of hydrogen-bond acceptors (Lipinski definition) is 4. The van der Waals surface area contributed by atoms with Crippen LogP contribution in [-0.2, 0) is 17.4 Å². The van der Waals surface area contributed by atoms with E-state index >= 15 is 0 Å². The molecule has 17 heavy (non-hydrogen) atoms. The number of amides is 1. The molecule has 0 saturated heterocycles. The van der Waals surface area contributed by atoms with Gasteiger partial charge in [-0.1, -0.05) is 5.16 Å². The number of nitrogens with zero attached hydrogens (tertiary/aromatic N) is 2. The highest BCUT2D eigenvalue weighted by Crippen LogP contribution is 2.28. The Labute approximate surface area is 94.4 Å². The van der Waals surface area contributed by atoms with E-state index in [0.29, 0.717) is 0 Å². The molecule has 0 unspecified atom stereocenters. The Hall–Kier alpha value is -1.60. The summed E-state index contributed by atoms with van der Waals surface area (Å²) in [5.74, 6) is -1.42. The second-order valence-corrected chi connectivity index (χ2v) is 3.82. The topological polar surface area (TPSA) is 68.0 Å². The van der Waals surface area contributed by atoms with Gasteiger partial charge >= 0.3 is 6.18 Å². The van der Waals surface area contributed by atoms with E-state index in [1.165, 1.54) is 0 Å². The van der Waals surface area contributed by atoms with Crippen molar-refractivity contribution in [1.29, 1.82) is 0 Å². The largest absolute Gasteiger partial charge is 0.455 e. The average molecular weight is 249 g/mol. The summed E-state index contributed by atoms with van der Waals surface area (Å²) in [6, 6.07) is 0. The van der Waals surface area contributed by atoms with Gasteiger partial charge in [0.15, 0.2) is 0 Å². The molecule has 94 valence electrons. The van der Waals surface area contributed by atoms with Crippen LogP contribution in [0.2, 0.25) is 0 Å². The van der Waals surface area contributed by atoms with E-state index in [0.717, 1.165) is 12.8 Å². The molecule has 1 aliphatic carbocycles. The maximum atomic E-state index is 12.1. The lowest BCUT2D eigenvalue weighted by atomic mass is 10.3. The first-order valence-electron chi connectivity index (χ1n) is 5.14. The van der Waals surface area contributed by atoms with Crippen LogP contribution in [0.5, 0.6) is 0 Å². The van der Waals surface area contributed by atoms with Crippen molar-refractivity contribution in [2.24, 2.45) is 5.92 Å². The number of halogens is 3. The van der Waals surface area contributed by atoms with Crippen LogP contribution in [0.25, 0.3) is 0 Å². The molecule has 1 heterocycles. The minimum atomic E-state index is -4.60. The van der Waals surface area contributed by atoms with Crippen molar-refractivity contribution in [2.45, 2.75) is 25.4 Å². The van der Waals surface area contributed by atoms with Crippen LogP contribution in [-0.4, -0.2) is 22.6 Å². The predicted molar refractivity (Wildman–Crippen MR) is 48.7 cm³/mol. The summed E-state index contributed by atoms with van der Waals surface area (Å²) < 4.78 is 40.7. The summed E-state index contributed by atoms with van der Waals surface area (Å²) in [5, 5.41) is 5.40. The molecule has 0 aromatic carbocycles. The van der Waals surface area contributed by atoms with E-state index in [1.807, 2.05) is 0 Å². The van der Waals surface area contributed by atoms with Crippen LogP contribution < -0.4 is 5.32 Å². The van der Waals surface area contributed by atoms with Crippen molar-refractivity contribution in [3.63, 3.8) is 0 Å². The summed E-state index contributed by atoms with van der Waals surface area (Å²) in [7, 11) is 0. The highest BCUT2D eigenvalue weighted by molar-refractivity contribution is 5.80. The fourth-order valence-corrected chi connectivity index (χ4v) is 1.25. The molecule has 0 bridgehead atoms. The molecule has 1 aliphatic rings. The number of hydrogen-bond donors (Lipinski definition) is 1. The number of carbonyl (C=O) groups is 1. The Kier molecular flexibility index (Phi) is 3.03. The Morgan fingerprint density at radius 2 is 2.18 bits per heavy atom. The van der Waals surface area contributed by atoms with E-state index in [4.69, 9.17) is 0 Å². The molecule has 0 spiro atoms. The predicted octanol–water partition coefficient (Wildman–Crippen LogP) is 1.16. The second-order valence-electron chi connectivity index (χ2n) is 3.82. The van der Waals surface area contributed by atoms with Crippen LogP contribution in [0, 0.1) is 5.92 Å². The molecule has 1 aromatic rings. The van der Waals surface area contributed by atoms with E-state index < -0.39 is 12.0 Å². The first-order chi connectivity index (χ1) is 7.97. The smallest absolute Gasteiger partial charge is 0.355 e. The van der Waals surface area contributed by atoms with Crippen molar-refractivity contribution in [2.75, 3.05) is 6.54 Å². The van der Waals surface area contributed by atoms with Gasteiger partial charge in [0, 0.05) is 18.9 Å². The number of nitrogens with one attached hydrogen (secondary N) is 1. The zero-order valence-electron chi connectivity index (χ0n) is 8.75. The van der Waals surface area contributed by atoms with E-state index in [9.17, 15) is 18.0 Å². The van der Waals surface area contributed by atoms with Gasteiger partial charge in [-0.15, -0.1) is 0 Å². The van der Waals surface area contributed by atoms with Crippen molar-refractivity contribution >= 4 is 5.91 Å². The lowest BCUT2D eigenvalue weighted by Crippen LogP contribution is -2.27. The molecule has 0 radical (unpaired) electrons. The average Bonchev–Trinajstić information content (AvgIpc) is 2.97. The summed E-state index contributed by atoms with van der Waals surface area (Å²) in [4.78, 5) is 14.4. The van der Waals surface area contributed by atoms with E-state index in [1.54, 1.807) is 0 Å². The highest BCUT2D eigenvalue weighted by Gasteiger charge is 2.37. The molecule has 1 saturated carbocycles. The first-order valence-corrected chi connectivity index (χ1v) is 5.14. The molecular weight excluding hydrogens is 239 g/mol. The third-order valence-electron chi connectivity index (χ3n) is 2.31. The van der Waals surface area contributed by atoms with Crippen LogP contribution >= 0.6 is 0 Å². The number of rotatable bonds is 4. The van der Waals surface area contributed by atoms with Crippen molar-refractivity contribution in [3.05, 3.63) is 11.7 Å². The van der Waals surface area contributed by atoms with Gasteiger partial charge in [0.2, 0.25) is 11.8 Å². The van der Waals surface area contributed by atoms with Gasteiger partial charge in [0.25, 0.3) is 5.82 Å². The van der Waals surface area contributed by atoms with Crippen LogP contribution in [0.4, 0.5) is 13.2 Å². The minimum Gasteiger partial charge on any atom is -0.355 e. The molecule has 1 aromatic heterocycles. The number of carbonyl (C=O) groups excluding carboxylic acids is 1. The Bertz CT molecular complexity index is 412. The molecule has 2 rings (SSSR count). The second kappa shape index (κ2) is 4.34. The lowest BCUT2D eigenvalue weighted by Gasteiger charge is -2.00. The van der Waals surface area contributed by atoms with Crippen molar-refractivity contribution in [1.82, 2.24) is 15.5 Å². The minimum absolute atomic E-state index is 0.0689. The fourth-order valence-electron chi connectivity index (χ4n) is 1.25. The Balaban J connectivity index is 1.79. The third kappa shape index (κ3) is 3.18. The fraction of sp³-hybridized carbons (Fsp3) is 0.667. The van der Waals surface area contributed by atoms with Crippen LogP contribution in [0.15, 0.2) is 4.52 Å². The number of aromatic nitrogens is 2. The Morgan fingerprint density at radius 1 is 1.47 bits per heavy atom. The van der Waals surface area contributed by atoms with Crippen molar-refractivity contribution in [3.8, 4) is 0 Å². The quantitative estimate of drug-likeness (QED) is 0.869. The van der Waals surface area contributed by atoms with Crippen LogP contribution in [0.1, 0.15) is 24.6 Å². The normalized spacial score (nSPS) is 15.9. The molecule has 5 nitrogen and oxygen atoms in total. The molecular formula is C9H10F3N3O2. The van der Waals surface area contributed by atoms with Gasteiger partial charge < -0.3 is 9.84 Å². The van der Waals surface area contributed by atoms with E-state index in [-0.39, 0.29) is 30.7 Å². The summed E-state index contributed by atoms with van der Waals surface area (Å²) in [6.45, 7) is 0.203. The maximum Gasteiger partial charge on any atom is 0.455 e. The summed E-state index contributed by atoms with van der Waals surface area (Å²) in [6.07, 6.45) is -2.74. The molecule has 8 heteroatoms. The van der Waals surface area contributed by atoms with Crippen molar-refractivity contribution < 1.29 is 22.5 Å². The Morgan fingerprint density at radius 3 is 2.71 bits per heavy atom. The lowest BCUT2D eigenvalue weighted by molar-refractivity contribution is -0.146. The van der Waals surface area contributed by atoms with E-state index in [2.05, 4.69) is 20.0 Å². The van der Waals surface area contributed by atoms with Gasteiger partial charge in [-0.3, -0.25) is 4.79 Å². The third-order valence-corrected chi connectivity index (χ3v) is 2.31. The first kappa shape index (κ1) is 11.9. The monoisotopic (exact) mass is 249 g/mol. The SMILES string of the molecule is O=C(NCCc1nc(C(F)(F)F)no1)C1CC1. The van der Waals surface area contributed by atoms with Crippen LogP contribution in [0.3, 0.4) is 0 Å². The standard InChI is InChI=1S/C9H10F3N3O2/c10-9(11,12)8-14-6(17-15-8)3-4-13-7(16)5-1-2-5/h5H,1-4H2,(H,13,16). The number of alkyl halides is 3. The molecule has 0 aliphatic heterocycles. The molecule has 1 fully saturated rings. The molecule has 1 amide bonds. The van der Waals surface area contributed by atoms with Gasteiger partial charge in [-0.2, -0.15) is 18.2 Å². The zero-order valence-corrected chi connectivity index (χ0v) is 8.75. The molecule has 0 atom stereocenters. The van der Waals surface area contributed by atoms with Gasteiger partial charge in [0.1, 0.15) is 0 Å². The highest BCUT2D eigenvalue weighted by atomic mass is 19.4. The summed E-state index contributed by atoms with van der Waals surface area (Å²) in [5.41, 5.74) is 0. The molecule has 1 N–H and O–H groups in total. The maximum absolute atomic E-state index is 12.1. The van der Waals surface area contributed by atoms with Gasteiger partial charge in [0.05, 0.1) is 0 Å². The van der Waals surface area contributed by atoms with Gasteiger partial charge in [-0.05, 0) is 12.8 Å².